The highest BCUT2D eigenvalue weighted by molar-refractivity contribution is 7.18. The van der Waals surface area contributed by atoms with E-state index >= 15 is 0 Å². The molecule has 2 saturated heterocycles. The van der Waals surface area contributed by atoms with E-state index in [0.29, 0.717) is 32.1 Å². The van der Waals surface area contributed by atoms with Gasteiger partial charge in [-0.25, -0.2) is 4.98 Å². The van der Waals surface area contributed by atoms with Crippen LogP contribution in [0.5, 0.6) is 0 Å². The molecule has 4 rings (SSSR count). The van der Waals surface area contributed by atoms with Gasteiger partial charge in [-0.15, -0.1) is 11.3 Å². The van der Waals surface area contributed by atoms with Crippen LogP contribution in [0.4, 0.5) is 0 Å². The van der Waals surface area contributed by atoms with E-state index < -0.39 is 6.04 Å². The maximum Gasteiger partial charge on any atom is 0.243 e. The van der Waals surface area contributed by atoms with Crippen LogP contribution in [0.25, 0.3) is 10.2 Å². The number of likely N-dealkylation sites (tertiary alicyclic amines) is 1. The summed E-state index contributed by atoms with van der Waals surface area (Å²) in [5.41, 5.74) is 2.14. The lowest BCUT2D eigenvalue weighted by Crippen LogP contribution is -2.55. The van der Waals surface area contributed by atoms with Gasteiger partial charge in [0.05, 0.1) is 15.2 Å². The summed E-state index contributed by atoms with van der Waals surface area (Å²) in [5.74, 6) is -0.0299. The number of nitrogens with zero attached hydrogens (tertiary/aromatic N) is 2. The Hall–Kier alpha value is -2.82. The molecule has 9 nitrogen and oxygen atoms in total. The van der Waals surface area contributed by atoms with Crippen LogP contribution >= 0.6 is 11.3 Å². The summed E-state index contributed by atoms with van der Waals surface area (Å²) in [6.07, 6.45) is 9.41. The Bertz CT molecular complexity index is 1220. The smallest absolute Gasteiger partial charge is 0.243 e. The highest BCUT2D eigenvalue weighted by Gasteiger charge is 2.30. The van der Waals surface area contributed by atoms with Gasteiger partial charge in [0, 0.05) is 51.3 Å². The first-order chi connectivity index (χ1) is 20.3. The van der Waals surface area contributed by atoms with Crippen LogP contribution in [0.2, 0.25) is 0 Å². The van der Waals surface area contributed by atoms with Gasteiger partial charge in [0.15, 0.2) is 0 Å². The summed E-state index contributed by atoms with van der Waals surface area (Å²) < 4.78 is 6.63. The number of amides is 3. The maximum absolute atomic E-state index is 13.7. The van der Waals surface area contributed by atoms with E-state index in [1.165, 1.54) is 24.8 Å². The minimum atomic E-state index is -0.759. The quantitative estimate of drug-likeness (QED) is 0.302. The Morgan fingerprint density at radius 3 is 2.60 bits per heavy atom. The molecule has 0 unspecified atom stereocenters. The van der Waals surface area contributed by atoms with Crippen molar-refractivity contribution in [2.45, 2.75) is 83.7 Å². The number of ether oxygens (including phenoxy) is 1. The predicted octanol–water partition coefficient (Wildman–Crippen LogP) is 3.93. The van der Waals surface area contributed by atoms with E-state index in [9.17, 15) is 14.4 Å². The van der Waals surface area contributed by atoms with Crippen LogP contribution in [0.3, 0.4) is 0 Å². The highest BCUT2D eigenvalue weighted by atomic mass is 32.1. The Morgan fingerprint density at radius 2 is 1.88 bits per heavy atom. The number of carbonyl (C=O) groups is 3. The molecule has 0 saturated carbocycles. The summed E-state index contributed by atoms with van der Waals surface area (Å²) in [4.78, 5) is 45.9. The fourth-order valence-corrected chi connectivity index (χ4v) is 6.63. The second-order valence-electron chi connectivity index (χ2n) is 11.7. The molecule has 2 aliphatic heterocycles. The Labute approximate surface area is 253 Å². The number of hydrogen-bond donors (Lipinski definition) is 3. The first-order valence-electron chi connectivity index (χ1n) is 15.6. The number of piperidine rings is 1. The average Bonchev–Trinajstić information content (AvgIpc) is 3.41. The van der Waals surface area contributed by atoms with Gasteiger partial charge < -0.3 is 20.7 Å². The lowest BCUT2D eigenvalue weighted by Gasteiger charge is -2.32. The third-order valence-corrected chi connectivity index (χ3v) is 9.26. The lowest BCUT2D eigenvalue weighted by atomic mass is 9.91. The normalized spacial score (nSPS) is 18.3. The number of aromatic nitrogens is 1. The van der Waals surface area contributed by atoms with Gasteiger partial charge in [-0.2, -0.15) is 0 Å². The predicted molar refractivity (Wildman–Crippen MR) is 168 cm³/mol. The average molecular weight is 598 g/mol. The van der Waals surface area contributed by atoms with Crippen LogP contribution in [0.1, 0.15) is 75.8 Å². The number of nitrogens with one attached hydrogen (secondary N) is 3. The minimum Gasteiger partial charge on any atom is -0.381 e. The summed E-state index contributed by atoms with van der Waals surface area (Å²) in [6.45, 7) is 10.6. The van der Waals surface area contributed by atoms with Gasteiger partial charge >= 0.3 is 0 Å². The topological polar surface area (TPSA) is 113 Å². The maximum atomic E-state index is 13.7. The van der Waals surface area contributed by atoms with Crippen molar-refractivity contribution in [2.75, 3.05) is 39.4 Å². The van der Waals surface area contributed by atoms with Crippen molar-refractivity contribution in [3.8, 4) is 0 Å². The molecule has 0 spiro atoms. The molecule has 3 amide bonds. The van der Waals surface area contributed by atoms with Crippen molar-refractivity contribution in [3.63, 3.8) is 0 Å². The fourth-order valence-electron chi connectivity index (χ4n) is 5.57. The van der Waals surface area contributed by atoms with Crippen LogP contribution < -0.4 is 16.0 Å². The molecule has 2 atom stereocenters. The molecular formula is C32H47N5O4S. The van der Waals surface area contributed by atoms with Crippen LogP contribution in [0.15, 0.2) is 30.4 Å². The Morgan fingerprint density at radius 1 is 1.12 bits per heavy atom. The molecule has 1 aromatic heterocycles. The van der Waals surface area contributed by atoms with E-state index in [1.54, 1.807) is 24.3 Å². The fraction of sp³-hybridized carbons (Fsp3) is 0.625. The van der Waals surface area contributed by atoms with E-state index in [2.05, 4.69) is 46.8 Å². The van der Waals surface area contributed by atoms with Crippen LogP contribution in [-0.4, -0.2) is 79.1 Å². The van der Waals surface area contributed by atoms with Crippen LogP contribution in [-0.2, 0) is 25.5 Å². The zero-order valence-electron chi connectivity index (χ0n) is 25.3. The summed E-state index contributed by atoms with van der Waals surface area (Å²) >= 11 is 1.56. The third-order valence-electron chi connectivity index (χ3n) is 8.22. The second-order valence-corrected chi connectivity index (χ2v) is 12.9. The molecule has 230 valence electrons. The largest absolute Gasteiger partial charge is 0.381 e. The molecule has 3 N–H and O–H groups in total. The van der Waals surface area contributed by atoms with E-state index in [-0.39, 0.29) is 36.1 Å². The van der Waals surface area contributed by atoms with Gasteiger partial charge in [0.25, 0.3) is 0 Å². The standard InChI is InChI=1S/C32H47N5O4S/c1-4-29(38)34-26(20-31-35-25-11-10-24(22(2)3)19-28(25)42-31)32(40)36-27(23-12-17-41-18-13-23)21-33-30(39)9-8-16-37-14-6-5-7-15-37/h8-11,19,22-23,26-27H,4-7,12-18,20-21H2,1-3H3,(H,33,39)(H,34,38)(H,36,40)/b9-8+/t26-,27+/m0/s1. The second kappa shape index (κ2) is 16.1. The van der Waals surface area contributed by atoms with E-state index in [4.69, 9.17) is 9.72 Å². The van der Waals surface area contributed by atoms with Crippen molar-refractivity contribution in [1.82, 2.24) is 25.8 Å². The summed E-state index contributed by atoms with van der Waals surface area (Å²) in [6, 6.07) is 5.24. The SMILES string of the molecule is CCC(=O)N[C@@H](Cc1nc2ccc(C(C)C)cc2s1)C(=O)N[C@H](CNC(=O)/C=C/CN1CCCCC1)C1CCOCC1. The van der Waals surface area contributed by atoms with E-state index in [0.717, 1.165) is 47.7 Å². The number of fused-ring (bicyclic) bond motifs is 1. The lowest BCUT2D eigenvalue weighted by molar-refractivity contribution is -0.129. The molecule has 3 heterocycles. The van der Waals surface area contributed by atoms with E-state index in [1.807, 2.05) is 12.1 Å². The highest BCUT2D eigenvalue weighted by Crippen LogP contribution is 2.27. The molecule has 42 heavy (non-hydrogen) atoms. The molecule has 2 aromatic rings. The van der Waals surface area contributed by atoms with Gasteiger partial charge in [0.2, 0.25) is 17.7 Å². The zero-order chi connectivity index (χ0) is 29.9. The van der Waals surface area contributed by atoms with Gasteiger partial charge in [-0.1, -0.05) is 39.3 Å². The molecule has 2 aliphatic rings. The number of thiazole rings is 1. The Kier molecular flexibility index (Phi) is 12.3. The summed E-state index contributed by atoms with van der Waals surface area (Å²) in [7, 11) is 0. The molecule has 2 fully saturated rings. The minimum absolute atomic E-state index is 0.163. The first kappa shape index (κ1) is 32.1. The molecule has 0 radical (unpaired) electrons. The van der Waals surface area contributed by atoms with Crippen molar-refractivity contribution < 1.29 is 19.1 Å². The van der Waals surface area contributed by atoms with Crippen molar-refractivity contribution in [1.29, 1.82) is 0 Å². The summed E-state index contributed by atoms with van der Waals surface area (Å²) in [5, 5.41) is 9.89. The van der Waals surface area contributed by atoms with Crippen molar-refractivity contribution in [2.24, 2.45) is 5.92 Å². The molecule has 0 bridgehead atoms. The van der Waals surface area contributed by atoms with Gasteiger partial charge in [-0.3, -0.25) is 19.3 Å². The molecule has 0 aliphatic carbocycles. The van der Waals surface area contributed by atoms with Crippen molar-refractivity contribution >= 4 is 39.3 Å². The first-order valence-corrected chi connectivity index (χ1v) is 16.4. The van der Waals surface area contributed by atoms with Crippen molar-refractivity contribution in [3.05, 3.63) is 40.9 Å². The molecule has 10 heteroatoms. The number of benzene rings is 1. The van der Waals surface area contributed by atoms with Crippen LogP contribution in [0, 0.1) is 5.92 Å². The zero-order valence-corrected chi connectivity index (χ0v) is 26.1. The number of carbonyl (C=O) groups excluding carboxylic acids is 3. The van der Waals surface area contributed by atoms with Gasteiger partial charge in [0.1, 0.15) is 6.04 Å². The monoisotopic (exact) mass is 597 g/mol. The van der Waals surface area contributed by atoms with Gasteiger partial charge in [-0.05, 0) is 68.3 Å². The number of hydrogen-bond acceptors (Lipinski definition) is 7. The number of rotatable bonds is 13. The molecular weight excluding hydrogens is 550 g/mol. The molecule has 1 aromatic carbocycles. The Balaban J connectivity index is 1.41. The third kappa shape index (κ3) is 9.61.